The van der Waals surface area contributed by atoms with E-state index in [1.165, 1.54) is 25.7 Å². The van der Waals surface area contributed by atoms with Gasteiger partial charge in [-0.2, -0.15) is 0 Å². The zero-order valence-corrected chi connectivity index (χ0v) is 10.9. The summed E-state index contributed by atoms with van der Waals surface area (Å²) in [5, 5.41) is 2.97. The molecular weight excluding hydrogens is 226 g/mol. The highest BCUT2D eigenvalue weighted by atomic mass is 16.1. The van der Waals surface area contributed by atoms with E-state index in [-0.39, 0.29) is 5.91 Å². The largest absolute Gasteiger partial charge is 0.384 e. The molecule has 98 valence electrons. The van der Waals surface area contributed by atoms with Gasteiger partial charge in [-0.1, -0.05) is 32.3 Å². The molecule has 0 radical (unpaired) electrons. The van der Waals surface area contributed by atoms with E-state index in [1.54, 1.807) is 18.2 Å². The van der Waals surface area contributed by atoms with Crippen LogP contribution in [0.2, 0.25) is 0 Å². The van der Waals surface area contributed by atoms with Crippen LogP contribution < -0.4 is 11.1 Å². The second kappa shape index (κ2) is 5.85. The van der Waals surface area contributed by atoms with E-state index >= 15 is 0 Å². The zero-order valence-electron chi connectivity index (χ0n) is 10.9. The number of nitrogens with zero attached hydrogens (tertiary/aromatic N) is 1. The summed E-state index contributed by atoms with van der Waals surface area (Å²) >= 11 is 0. The summed E-state index contributed by atoms with van der Waals surface area (Å²) < 4.78 is 0. The molecule has 4 heteroatoms. The summed E-state index contributed by atoms with van der Waals surface area (Å²) in [6.07, 6.45) is 5.09. The number of nitrogens with two attached hydrogens (primary N) is 1. The molecule has 0 spiro atoms. The number of anilines is 1. The monoisotopic (exact) mass is 247 g/mol. The van der Waals surface area contributed by atoms with Gasteiger partial charge in [-0.3, -0.25) is 4.79 Å². The summed E-state index contributed by atoms with van der Waals surface area (Å²) in [4.78, 5) is 15.9. The Balaban J connectivity index is 1.88. The molecule has 1 aliphatic carbocycles. The summed E-state index contributed by atoms with van der Waals surface area (Å²) in [6, 6.07) is 5.12. The van der Waals surface area contributed by atoms with Crippen LogP contribution in [0.3, 0.4) is 0 Å². The fourth-order valence-corrected chi connectivity index (χ4v) is 2.59. The molecule has 4 nitrogen and oxygen atoms in total. The van der Waals surface area contributed by atoms with Crippen LogP contribution in [-0.2, 0) is 0 Å². The van der Waals surface area contributed by atoms with Gasteiger partial charge in [-0.15, -0.1) is 0 Å². The molecule has 1 aliphatic rings. The lowest BCUT2D eigenvalue weighted by Gasteiger charge is -2.28. The Morgan fingerprint density at radius 2 is 2.22 bits per heavy atom. The van der Waals surface area contributed by atoms with E-state index in [1.807, 2.05) is 0 Å². The van der Waals surface area contributed by atoms with E-state index in [0.717, 1.165) is 6.54 Å². The van der Waals surface area contributed by atoms with Gasteiger partial charge in [0.15, 0.2) is 0 Å². The Bertz CT molecular complexity index is 419. The quantitative estimate of drug-likeness (QED) is 0.860. The summed E-state index contributed by atoms with van der Waals surface area (Å²) in [5.41, 5.74) is 5.97. The van der Waals surface area contributed by atoms with Gasteiger partial charge in [-0.05, 0) is 30.4 Å². The second-order valence-corrected chi connectivity index (χ2v) is 5.18. The van der Waals surface area contributed by atoms with E-state index < -0.39 is 0 Å². The van der Waals surface area contributed by atoms with Gasteiger partial charge in [0, 0.05) is 6.54 Å². The van der Waals surface area contributed by atoms with Crippen LogP contribution in [-0.4, -0.2) is 17.4 Å². The number of pyridine rings is 1. The number of rotatable bonds is 3. The minimum atomic E-state index is -0.125. The van der Waals surface area contributed by atoms with Crippen molar-refractivity contribution in [3.8, 4) is 0 Å². The first kappa shape index (κ1) is 12.9. The molecule has 0 saturated heterocycles. The molecule has 3 N–H and O–H groups in total. The van der Waals surface area contributed by atoms with E-state index in [4.69, 9.17) is 5.73 Å². The SMILES string of the molecule is CC1CCCCC1CNC(=O)c1cccc(N)n1. The van der Waals surface area contributed by atoms with Crippen LogP contribution in [0.15, 0.2) is 18.2 Å². The first-order valence-corrected chi connectivity index (χ1v) is 6.67. The Morgan fingerprint density at radius 1 is 1.44 bits per heavy atom. The minimum Gasteiger partial charge on any atom is -0.384 e. The van der Waals surface area contributed by atoms with Crippen molar-refractivity contribution >= 4 is 11.7 Å². The van der Waals surface area contributed by atoms with Crippen molar-refractivity contribution in [3.05, 3.63) is 23.9 Å². The molecule has 1 fully saturated rings. The highest BCUT2D eigenvalue weighted by Crippen LogP contribution is 2.28. The Morgan fingerprint density at radius 3 is 2.94 bits per heavy atom. The molecule has 0 aliphatic heterocycles. The van der Waals surface area contributed by atoms with Crippen LogP contribution in [0, 0.1) is 11.8 Å². The molecular formula is C14H21N3O. The first-order valence-electron chi connectivity index (χ1n) is 6.67. The fraction of sp³-hybridized carbons (Fsp3) is 0.571. The predicted molar refractivity (Wildman–Crippen MR) is 72.1 cm³/mol. The maximum Gasteiger partial charge on any atom is 0.269 e. The van der Waals surface area contributed by atoms with E-state index in [2.05, 4.69) is 17.2 Å². The second-order valence-electron chi connectivity index (χ2n) is 5.18. The molecule has 1 aromatic heterocycles. The molecule has 1 saturated carbocycles. The zero-order chi connectivity index (χ0) is 13.0. The maximum atomic E-state index is 11.9. The number of nitrogen functional groups attached to an aromatic ring is 1. The molecule has 2 rings (SSSR count). The number of carbonyl (C=O) groups excluding carboxylic acids is 1. The third kappa shape index (κ3) is 3.22. The first-order chi connectivity index (χ1) is 8.66. The van der Waals surface area contributed by atoms with Crippen molar-refractivity contribution < 1.29 is 4.79 Å². The average molecular weight is 247 g/mol. The fourth-order valence-electron chi connectivity index (χ4n) is 2.59. The van der Waals surface area contributed by atoms with Gasteiger partial charge in [0.25, 0.3) is 5.91 Å². The lowest BCUT2D eigenvalue weighted by Crippen LogP contribution is -2.33. The normalized spacial score (nSPS) is 23.6. The van der Waals surface area contributed by atoms with Gasteiger partial charge < -0.3 is 11.1 Å². The lowest BCUT2D eigenvalue weighted by molar-refractivity contribution is 0.0931. The van der Waals surface area contributed by atoms with Crippen LogP contribution in [0.25, 0.3) is 0 Å². The smallest absolute Gasteiger partial charge is 0.269 e. The van der Waals surface area contributed by atoms with Gasteiger partial charge >= 0.3 is 0 Å². The predicted octanol–water partition coefficient (Wildman–Crippen LogP) is 2.22. The molecule has 0 bridgehead atoms. The molecule has 1 amide bonds. The lowest BCUT2D eigenvalue weighted by atomic mass is 9.80. The topological polar surface area (TPSA) is 68.0 Å². The Hall–Kier alpha value is -1.58. The van der Waals surface area contributed by atoms with Gasteiger partial charge in [-0.25, -0.2) is 4.98 Å². The molecule has 1 aromatic rings. The average Bonchev–Trinajstić information content (AvgIpc) is 2.37. The van der Waals surface area contributed by atoms with Gasteiger partial charge in [0.1, 0.15) is 11.5 Å². The number of hydrogen-bond acceptors (Lipinski definition) is 3. The Labute approximate surface area is 108 Å². The van der Waals surface area contributed by atoms with Crippen molar-refractivity contribution in [2.75, 3.05) is 12.3 Å². The van der Waals surface area contributed by atoms with Crippen LogP contribution in [0.4, 0.5) is 5.82 Å². The van der Waals surface area contributed by atoms with Crippen molar-refractivity contribution in [1.82, 2.24) is 10.3 Å². The molecule has 2 atom stereocenters. The highest BCUT2D eigenvalue weighted by Gasteiger charge is 2.21. The van der Waals surface area contributed by atoms with Crippen LogP contribution in [0.1, 0.15) is 43.1 Å². The number of hydrogen-bond donors (Lipinski definition) is 2. The molecule has 2 unspecified atom stereocenters. The highest BCUT2D eigenvalue weighted by molar-refractivity contribution is 5.92. The molecule has 18 heavy (non-hydrogen) atoms. The van der Waals surface area contributed by atoms with Crippen molar-refractivity contribution in [3.63, 3.8) is 0 Å². The van der Waals surface area contributed by atoms with E-state index in [0.29, 0.717) is 23.3 Å². The van der Waals surface area contributed by atoms with Gasteiger partial charge in [0.2, 0.25) is 0 Å². The number of amides is 1. The summed E-state index contributed by atoms with van der Waals surface area (Å²) in [5.74, 6) is 1.56. The third-order valence-electron chi connectivity index (χ3n) is 3.82. The van der Waals surface area contributed by atoms with Gasteiger partial charge in [0.05, 0.1) is 0 Å². The summed E-state index contributed by atoms with van der Waals surface area (Å²) in [6.45, 7) is 3.02. The third-order valence-corrected chi connectivity index (χ3v) is 3.82. The standard InChI is InChI=1S/C14H21N3O/c1-10-5-2-3-6-11(10)9-16-14(18)12-7-4-8-13(15)17-12/h4,7-8,10-11H,2-3,5-6,9H2,1H3,(H2,15,17)(H,16,18). The number of nitrogens with one attached hydrogen (secondary N) is 1. The number of carbonyl (C=O) groups is 1. The molecule has 1 heterocycles. The van der Waals surface area contributed by atoms with E-state index in [9.17, 15) is 4.79 Å². The van der Waals surface area contributed by atoms with Crippen LogP contribution >= 0.6 is 0 Å². The molecule has 0 aromatic carbocycles. The van der Waals surface area contributed by atoms with Crippen molar-refractivity contribution in [2.45, 2.75) is 32.6 Å². The Kier molecular flexibility index (Phi) is 4.18. The number of aromatic nitrogens is 1. The van der Waals surface area contributed by atoms with Crippen molar-refractivity contribution in [2.24, 2.45) is 11.8 Å². The van der Waals surface area contributed by atoms with Crippen LogP contribution in [0.5, 0.6) is 0 Å². The van der Waals surface area contributed by atoms with Crippen molar-refractivity contribution in [1.29, 1.82) is 0 Å². The maximum absolute atomic E-state index is 11.9. The summed E-state index contributed by atoms with van der Waals surface area (Å²) in [7, 11) is 0. The minimum absolute atomic E-state index is 0.125.